The fraction of sp³-hybridized carbons (Fsp3) is 0.588. The van der Waals surface area contributed by atoms with Crippen LogP contribution in [0.15, 0.2) is 30.3 Å². The van der Waals surface area contributed by atoms with Crippen molar-refractivity contribution in [3.63, 3.8) is 0 Å². The molecule has 128 valence electrons. The fourth-order valence-electron chi connectivity index (χ4n) is 2.83. The standard InChI is InChI=1S/C17H25NO5/c1-16(2)11-18(12-17(3,21)15(19)20)9-14(23-16)10-22-13-7-5-4-6-8-13/h4-8,14,21H,9-12H2,1-3H3,(H,19,20). The molecule has 0 aromatic heterocycles. The van der Waals surface area contributed by atoms with E-state index in [-0.39, 0.29) is 12.6 Å². The van der Waals surface area contributed by atoms with Gasteiger partial charge in [0, 0.05) is 19.6 Å². The summed E-state index contributed by atoms with van der Waals surface area (Å²) in [7, 11) is 0. The van der Waals surface area contributed by atoms with Gasteiger partial charge in [0.05, 0.1) is 5.60 Å². The number of morpholine rings is 1. The van der Waals surface area contributed by atoms with Crippen molar-refractivity contribution in [2.75, 3.05) is 26.2 Å². The zero-order valence-electron chi connectivity index (χ0n) is 13.9. The Kier molecular flexibility index (Phi) is 5.29. The molecule has 1 saturated heterocycles. The molecule has 2 N–H and O–H groups in total. The van der Waals surface area contributed by atoms with Crippen LogP contribution in [-0.2, 0) is 9.53 Å². The smallest absolute Gasteiger partial charge is 0.336 e. The predicted molar refractivity (Wildman–Crippen MR) is 85.6 cm³/mol. The third kappa shape index (κ3) is 5.20. The third-order valence-corrected chi connectivity index (χ3v) is 3.72. The zero-order valence-corrected chi connectivity index (χ0v) is 13.9. The van der Waals surface area contributed by atoms with Gasteiger partial charge in [-0.3, -0.25) is 4.90 Å². The highest BCUT2D eigenvalue weighted by atomic mass is 16.5. The van der Waals surface area contributed by atoms with Gasteiger partial charge in [0.25, 0.3) is 0 Å². The number of nitrogens with zero attached hydrogens (tertiary/aromatic N) is 1. The lowest BCUT2D eigenvalue weighted by atomic mass is 10.0. The van der Waals surface area contributed by atoms with Crippen molar-refractivity contribution >= 4 is 5.97 Å². The van der Waals surface area contributed by atoms with Crippen LogP contribution in [0.1, 0.15) is 20.8 Å². The van der Waals surface area contributed by atoms with E-state index >= 15 is 0 Å². The van der Waals surface area contributed by atoms with Crippen molar-refractivity contribution in [3.05, 3.63) is 30.3 Å². The summed E-state index contributed by atoms with van der Waals surface area (Å²) < 4.78 is 11.7. The van der Waals surface area contributed by atoms with Crippen molar-refractivity contribution in [1.82, 2.24) is 4.90 Å². The summed E-state index contributed by atoms with van der Waals surface area (Å²) in [6.45, 7) is 6.70. The number of para-hydroxylation sites is 1. The molecule has 6 nitrogen and oxygen atoms in total. The Morgan fingerprint density at radius 2 is 2.09 bits per heavy atom. The number of aliphatic carboxylic acids is 1. The molecule has 2 unspecified atom stereocenters. The third-order valence-electron chi connectivity index (χ3n) is 3.72. The molecule has 1 aliphatic heterocycles. The van der Waals surface area contributed by atoms with Gasteiger partial charge in [-0.2, -0.15) is 0 Å². The summed E-state index contributed by atoms with van der Waals surface area (Å²) in [5, 5.41) is 19.1. The predicted octanol–water partition coefficient (Wildman–Crippen LogP) is 1.38. The number of rotatable bonds is 6. The first-order chi connectivity index (χ1) is 10.7. The van der Waals surface area contributed by atoms with E-state index in [4.69, 9.17) is 14.6 Å². The van der Waals surface area contributed by atoms with Crippen LogP contribution in [-0.4, -0.2) is 64.6 Å². The molecule has 1 heterocycles. The van der Waals surface area contributed by atoms with E-state index in [0.717, 1.165) is 5.75 Å². The van der Waals surface area contributed by atoms with Crippen molar-refractivity contribution in [2.24, 2.45) is 0 Å². The highest BCUT2D eigenvalue weighted by molar-refractivity contribution is 5.76. The molecule has 1 aliphatic rings. The van der Waals surface area contributed by atoms with Gasteiger partial charge in [0.1, 0.15) is 18.5 Å². The molecule has 0 amide bonds. The van der Waals surface area contributed by atoms with Gasteiger partial charge >= 0.3 is 5.97 Å². The molecule has 0 radical (unpaired) electrons. The molecule has 0 spiro atoms. The molecule has 23 heavy (non-hydrogen) atoms. The van der Waals surface area contributed by atoms with E-state index in [0.29, 0.717) is 19.7 Å². The Bertz CT molecular complexity index is 529. The maximum atomic E-state index is 11.1. The Morgan fingerprint density at radius 1 is 1.43 bits per heavy atom. The van der Waals surface area contributed by atoms with Gasteiger partial charge in [-0.05, 0) is 32.9 Å². The molecule has 6 heteroatoms. The average Bonchev–Trinajstić information content (AvgIpc) is 2.44. The Labute approximate surface area is 136 Å². The van der Waals surface area contributed by atoms with E-state index in [2.05, 4.69) is 0 Å². The number of aliphatic hydroxyl groups is 1. The number of ether oxygens (including phenoxy) is 2. The molecule has 2 atom stereocenters. The summed E-state index contributed by atoms with van der Waals surface area (Å²) >= 11 is 0. The summed E-state index contributed by atoms with van der Waals surface area (Å²) in [4.78, 5) is 13.0. The quantitative estimate of drug-likeness (QED) is 0.823. The second kappa shape index (κ2) is 6.86. The van der Waals surface area contributed by atoms with Crippen molar-refractivity contribution in [2.45, 2.75) is 38.1 Å². The van der Waals surface area contributed by atoms with Crippen LogP contribution in [0.3, 0.4) is 0 Å². The molecule has 0 saturated carbocycles. The van der Waals surface area contributed by atoms with Gasteiger partial charge in [-0.25, -0.2) is 4.79 Å². The summed E-state index contributed by atoms with van der Waals surface area (Å²) in [6.07, 6.45) is -0.191. The van der Waals surface area contributed by atoms with Crippen molar-refractivity contribution in [1.29, 1.82) is 0 Å². The van der Waals surface area contributed by atoms with E-state index in [9.17, 15) is 9.90 Å². The van der Waals surface area contributed by atoms with Crippen LogP contribution in [0.2, 0.25) is 0 Å². The number of benzene rings is 1. The lowest BCUT2D eigenvalue weighted by Gasteiger charge is -2.44. The van der Waals surface area contributed by atoms with Gasteiger partial charge in [0.2, 0.25) is 0 Å². The van der Waals surface area contributed by atoms with Crippen LogP contribution >= 0.6 is 0 Å². The normalized spacial score (nSPS) is 23.9. The number of β-amino-alcohol motifs (C(OH)–C–C–N with tert-alkyl or cyclic N) is 1. The highest BCUT2D eigenvalue weighted by Gasteiger charge is 2.39. The number of carboxylic acid groups (broad SMARTS) is 1. The molecule has 0 bridgehead atoms. The van der Waals surface area contributed by atoms with E-state index in [1.54, 1.807) is 0 Å². The number of hydrogen-bond donors (Lipinski definition) is 2. The average molecular weight is 323 g/mol. The minimum atomic E-state index is -1.78. The van der Waals surface area contributed by atoms with Crippen LogP contribution in [0.25, 0.3) is 0 Å². The molecule has 1 aromatic rings. The summed E-state index contributed by atoms with van der Waals surface area (Å²) in [6, 6.07) is 9.47. The van der Waals surface area contributed by atoms with E-state index in [1.807, 2.05) is 49.1 Å². The van der Waals surface area contributed by atoms with Crippen LogP contribution in [0.4, 0.5) is 0 Å². The van der Waals surface area contributed by atoms with Gasteiger partial charge < -0.3 is 19.7 Å². The second-order valence-electron chi connectivity index (χ2n) is 6.87. The highest BCUT2D eigenvalue weighted by Crippen LogP contribution is 2.23. The molecule has 1 aromatic carbocycles. The Morgan fingerprint density at radius 3 is 2.70 bits per heavy atom. The molecule has 0 aliphatic carbocycles. The SMILES string of the molecule is CC1(C)CN(CC(C)(O)C(=O)O)CC(COc2ccccc2)O1. The monoisotopic (exact) mass is 323 g/mol. The first kappa shape index (κ1) is 17.7. The van der Waals surface area contributed by atoms with E-state index in [1.165, 1.54) is 6.92 Å². The largest absolute Gasteiger partial charge is 0.491 e. The molecular weight excluding hydrogens is 298 g/mol. The van der Waals surface area contributed by atoms with Crippen LogP contribution < -0.4 is 4.74 Å². The lowest BCUT2D eigenvalue weighted by Crippen LogP contribution is -2.58. The van der Waals surface area contributed by atoms with Crippen molar-refractivity contribution in [3.8, 4) is 5.75 Å². The summed E-state index contributed by atoms with van der Waals surface area (Å²) in [5.41, 5.74) is -2.21. The first-order valence-electron chi connectivity index (χ1n) is 7.72. The second-order valence-corrected chi connectivity index (χ2v) is 6.87. The Hall–Kier alpha value is -1.63. The van der Waals surface area contributed by atoms with Gasteiger partial charge in [-0.1, -0.05) is 18.2 Å². The zero-order chi connectivity index (χ0) is 17.1. The Balaban J connectivity index is 1.97. The van der Waals surface area contributed by atoms with Gasteiger partial charge in [0.15, 0.2) is 5.60 Å². The number of carbonyl (C=O) groups is 1. The van der Waals surface area contributed by atoms with Crippen LogP contribution in [0, 0.1) is 0 Å². The number of carboxylic acids is 1. The molecule has 2 rings (SSSR count). The number of hydrogen-bond acceptors (Lipinski definition) is 5. The molecular formula is C17H25NO5. The fourth-order valence-corrected chi connectivity index (χ4v) is 2.83. The lowest BCUT2D eigenvalue weighted by molar-refractivity contribution is -0.172. The summed E-state index contributed by atoms with van der Waals surface area (Å²) in [5.74, 6) is -0.456. The minimum Gasteiger partial charge on any atom is -0.491 e. The first-order valence-corrected chi connectivity index (χ1v) is 7.72. The topological polar surface area (TPSA) is 79.2 Å². The van der Waals surface area contributed by atoms with Crippen molar-refractivity contribution < 1.29 is 24.5 Å². The maximum Gasteiger partial charge on any atom is 0.336 e. The maximum absolute atomic E-state index is 11.1. The van der Waals surface area contributed by atoms with Crippen LogP contribution in [0.5, 0.6) is 5.75 Å². The molecule has 1 fully saturated rings. The van der Waals surface area contributed by atoms with Gasteiger partial charge in [-0.15, -0.1) is 0 Å². The minimum absolute atomic E-state index is 0.0525. The van der Waals surface area contributed by atoms with E-state index < -0.39 is 17.2 Å².